The number of hydrogen-bond acceptors (Lipinski definition) is 5. The second-order valence-electron chi connectivity index (χ2n) is 4.54. The maximum Gasteiger partial charge on any atom is 0.227 e. The molecule has 0 amide bonds. The number of nitrogens with one attached hydrogen (secondary N) is 1. The molecule has 1 aromatic heterocycles. The summed E-state index contributed by atoms with van der Waals surface area (Å²) in [5.41, 5.74) is 0. The van der Waals surface area contributed by atoms with Crippen LogP contribution in [0.5, 0.6) is 0 Å². The van der Waals surface area contributed by atoms with Gasteiger partial charge in [0.05, 0.1) is 6.04 Å². The molecule has 2 heterocycles. The van der Waals surface area contributed by atoms with E-state index in [1.54, 1.807) is 0 Å². The Labute approximate surface area is 103 Å². The standard InChI is InChI=1S/C12H22N4O/c1-3-16-9-5-4-6-10(16)12-14-11(17-15-12)7-8-13-2/h10,13H,3-9H2,1-2H3. The van der Waals surface area contributed by atoms with Crippen LogP contribution >= 0.6 is 0 Å². The zero-order chi connectivity index (χ0) is 12.1. The van der Waals surface area contributed by atoms with Crippen molar-refractivity contribution in [2.75, 3.05) is 26.7 Å². The van der Waals surface area contributed by atoms with E-state index in [2.05, 4.69) is 27.3 Å². The van der Waals surface area contributed by atoms with Crippen molar-refractivity contribution in [2.45, 2.75) is 38.6 Å². The summed E-state index contributed by atoms with van der Waals surface area (Å²) in [6, 6.07) is 0.362. The van der Waals surface area contributed by atoms with E-state index < -0.39 is 0 Å². The van der Waals surface area contributed by atoms with Crippen LogP contribution in [0.3, 0.4) is 0 Å². The summed E-state index contributed by atoms with van der Waals surface area (Å²) in [6.45, 7) is 5.29. The number of likely N-dealkylation sites (tertiary alicyclic amines) is 1. The topological polar surface area (TPSA) is 54.2 Å². The molecule has 0 radical (unpaired) electrons. The van der Waals surface area contributed by atoms with E-state index in [4.69, 9.17) is 4.52 Å². The molecular formula is C12H22N4O. The Bertz CT molecular complexity index is 339. The van der Waals surface area contributed by atoms with E-state index in [0.29, 0.717) is 6.04 Å². The number of aromatic nitrogens is 2. The van der Waals surface area contributed by atoms with Crippen molar-refractivity contribution < 1.29 is 4.52 Å². The van der Waals surface area contributed by atoms with Crippen molar-refractivity contribution in [1.29, 1.82) is 0 Å². The second-order valence-corrected chi connectivity index (χ2v) is 4.54. The third kappa shape index (κ3) is 3.04. The third-order valence-electron chi connectivity index (χ3n) is 3.39. The van der Waals surface area contributed by atoms with Gasteiger partial charge in [0, 0.05) is 13.0 Å². The Hall–Kier alpha value is -0.940. The molecule has 1 unspecified atom stereocenters. The molecule has 1 fully saturated rings. The molecule has 0 aromatic carbocycles. The van der Waals surface area contributed by atoms with E-state index in [0.717, 1.165) is 44.2 Å². The molecule has 5 nitrogen and oxygen atoms in total. The molecule has 17 heavy (non-hydrogen) atoms. The minimum Gasteiger partial charge on any atom is -0.339 e. The van der Waals surface area contributed by atoms with Crippen molar-refractivity contribution >= 4 is 0 Å². The van der Waals surface area contributed by atoms with Crippen LogP contribution in [0, 0.1) is 0 Å². The van der Waals surface area contributed by atoms with Crippen LogP contribution in [0.1, 0.15) is 43.9 Å². The molecule has 0 spiro atoms. The van der Waals surface area contributed by atoms with Crippen LogP contribution in [-0.2, 0) is 6.42 Å². The fraction of sp³-hybridized carbons (Fsp3) is 0.833. The van der Waals surface area contributed by atoms with Crippen molar-refractivity contribution in [2.24, 2.45) is 0 Å². The lowest BCUT2D eigenvalue weighted by atomic mass is 10.0. The van der Waals surface area contributed by atoms with Gasteiger partial charge < -0.3 is 9.84 Å². The monoisotopic (exact) mass is 238 g/mol. The molecule has 0 bridgehead atoms. The Kier molecular flexibility index (Phi) is 4.50. The summed E-state index contributed by atoms with van der Waals surface area (Å²) < 4.78 is 5.28. The summed E-state index contributed by atoms with van der Waals surface area (Å²) in [4.78, 5) is 6.95. The maximum atomic E-state index is 5.28. The lowest BCUT2D eigenvalue weighted by molar-refractivity contribution is 0.147. The highest BCUT2D eigenvalue weighted by molar-refractivity contribution is 4.97. The lowest BCUT2D eigenvalue weighted by Crippen LogP contribution is -2.33. The zero-order valence-electron chi connectivity index (χ0n) is 10.8. The van der Waals surface area contributed by atoms with Crippen LogP contribution < -0.4 is 5.32 Å². The van der Waals surface area contributed by atoms with E-state index in [-0.39, 0.29) is 0 Å². The van der Waals surface area contributed by atoms with Crippen LogP contribution in [-0.4, -0.2) is 41.7 Å². The quantitative estimate of drug-likeness (QED) is 0.840. The van der Waals surface area contributed by atoms with Crippen LogP contribution in [0.15, 0.2) is 4.52 Å². The first kappa shape index (κ1) is 12.5. The average molecular weight is 238 g/mol. The highest BCUT2D eigenvalue weighted by Gasteiger charge is 2.26. The van der Waals surface area contributed by atoms with Gasteiger partial charge in [-0.05, 0) is 33.0 Å². The summed E-state index contributed by atoms with van der Waals surface area (Å²) in [5, 5.41) is 7.22. The summed E-state index contributed by atoms with van der Waals surface area (Å²) in [7, 11) is 1.93. The van der Waals surface area contributed by atoms with E-state index in [1.807, 2.05) is 7.05 Å². The van der Waals surface area contributed by atoms with Crippen molar-refractivity contribution in [3.05, 3.63) is 11.7 Å². The van der Waals surface area contributed by atoms with Gasteiger partial charge in [-0.3, -0.25) is 4.90 Å². The van der Waals surface area contributed by atoms with Gasteiger partial charge in [0.25, 0.3) is 0 Å². The smallest absolute Gasteiger partial charge is 0.227 e. The van der Waals surface area contributed by atoms with Crippen molar-refractivity contribution in [1.82, 2.24) is 20.4 Å². The molecule has 0 aliphatic carbocycles. The normalized spacial score (nSPS) is 21.9. The number of likely N-dealkylation sites (N-methyl/N-ethyl adjacent to an activating group) is 1. The first-order valence-electron chi connectivity index (χ1n) is 6.56. The second kappa shape index (κ2) is 6.12. The number of piperidine rings is 1. The zero-order valence-corrected chi connectivity index (χ0v) is 10.8. The minimum atomic E-state index is 0.362. The molecule has 0 saturated carbocycles. The Balaban J connectivity index is 2.02. The predicted molar refractivity (Wildman–Crippen MR) is 65.8 cm³/mol. The number of rotatable bonds is 5. The van der Waals surface area contributed by atoms with E-state index in [9.17, 15) is 0 Å². The fourth-order valence-corrected chi connectivity index (χ4v) is 2.40. The van der Waals surface area contributed by atoms with Crippen LogP contribution in [0.25, 0.3) is 0 Å². The molecule has 96 valence electrons. The molecular weight excluding hydrogens is 216 g/mol. The Morgan fingerprint density at radius 1 is 1.47 bits per heavy atom. The predicted octanol–water partition coefficient (Wildman–Crippen LogP) is 1.38. The summed E-state index contributed by atoms with van der Waals surface area (Å²) in [5.74, 6) is 1.62. The molecule has 1 aromatic rings. The third-order valence-corrected chi connectivity index (χ3v) is 3.39. The lowest BCUT2D eigenvalue weighted by Gasteiger charge is -2.32. The Morgan fingerprint density at radius 3 is 3.12 bits per heavy atom. The highest BCUT2D eigenvalue weighted by atomic mass is 16.5. The first-order chi connectivity index (χ1) is 8.35. The first-order valence-corrected chi connectivity index (χ1v) is 6.56. The van der Waals surface area contributed by atoms with Crippen molar-refractivity contribution in [3.63, 3.8) is 0 Å². The SMILES string of the molecule is CCN1CCCCC1c1noc(CCNC)n1. The van der Waals surface area contributed by atoms with Crippen molar-refractivity contribution in [3.8, 4) is 0 Å². The molecule has 2 rings (SSSR count). The van der Waals surface area contributed by atoms with Crippen LogP contribution in [0.4, 0.5) is 0 Å². The largest absolute Gasteiger partial charge is 0.339 e. The van der Waals surface area contributed by atoms with Gasteiger partial charge in [0.1, 0.15) is 0 Å². The van der Waals surface area contributed by atoms with E-state index in [1.165, 1.54) is 12.8 Å². The van der Waals surface area contributed by atoms with Gasteiger partial charge in [-0.25, -0.2) is 0 Å². The molecule has 5 heteroatoms. The van der Waals surface area contributed by atoms with Gasteiger partial charge in [0.15, 0.2) is 5.82 Å². The van der Waals surface area contributed by atoms with Gasteiger partial charge >= 0.3 is 0 Å². The molecule has 1 N–H and O–H groups in total. The van der Waals surface area contributed by atoms with Crippen LogP contribution in [0.2, 0.25) is 0 Å². The number of nitrogens with zero attached hydrogens (tertiary/aromatic N) is 3. The summed E-state index contributed by atoms with van der Waals surface area (Å²) >= 11 is 0. The minimum absolute atomic E-state index is 0.362. The summed E-state index contributed by atoms with van der Waals surface area (Å²) in [6.07, 6.45) is 4.51. The molecule has 1 atom stereocenters. The van der Waals surface area contributed by atoms with Gasteiger partial charge in [-0.15, -0.1) is 0 Å². The maximum absolute atomic E-state index is 5.28. The average Bonchev–Trinajstić information content (AvgIpc) is 2.85. The fourth-order valence-electron chi connectivity index (χ4n) is 2.40. The van der Waals surface area contributed by atoms with Gasteiger partial charge in [-0.2, -0.15) is 4.98 Å². The van der Waals surface area contributed by atoms with E-state index >= 15 is 0 Å². The van der Waals surface area contributed by atoms with Gasteiger partial charge in [-0.1, -0.05) is 18.5 Å². The molecule has 1 aliphatic heterocycles. The Morgan fingerprint density at radius 2 is 2.35 bits per heavy atom. The van der Waals surface area contributed by atoms with Gasteiger partial charge in [0.2, 0.25) is 5.89 Å². The molecule has 1 saturated heterocycles. The number of hydrogen-bond donors (Lipinski definition) is 1. The highest BCUT2D eigenvalue weighted by Crippen LogP contribution is 2.28. The molecule has 1 aliphatic rings.